The van der Waals surface area contributed by atoms with Crippen molar-refractivity contribution in [2.45, 2.75) is 25.5 Å². The Kier molecular flexibility index (Phi) is 5.43. The Morgan fingerprint density at radius 3 is 2.90 bits per heavy atom. The molecule has 0 amide bonds. The lowest BCUT2D eigenvalue weighted by Gasteiger charge is -2.30. The fourth-order valence-corrected chi connectivity index (χ4v) is 3.61. The molecule has 4 rings (SSSR count). The first-order valence-corrected chi connectivity index (χ1v) is 9.32. The van der Waals surface area contributed by atoms with Gasteiger partial charge in [-0.15, -0.1) is 10.2 Å². The van der Waals surface area contributed by atoms with Gasteiger partial charge < -0.3 is 19.7 Å². The first kappa shape index (κ1) is 19.3. The minimum absolute atomic E-state index is 0.0358. The molecule has 1 atom stereocenters. The van der Waals surface area contributed by atoms with Gasteiger partial charge >= 0.3 is 6.61 Å². The second-order valence-corrected chi connectivity index (χ2v) is 7.01. The van der Waals surface area contributed by atoms with E-state index in [4.69, 9.17) is 9.47 Å². The Hall–Kier alpha value is -3.01. The predicted octanol–water partition coefficient (Wildman–Crippen LogP) is 2.91. The molecule has 2 aromatic heterocycles. The van der Waals surface area contributed by atoms with Crippen molar-refractivity contribution in [2.75, 3.05) is 32.6 Å². The summed E-state index contributed by atoms with van der Waals surface area (Å²) in [6, 6.07) is 4.93. The molecule has 3 aromatic rings. The topological polar surface area (TPSA) is 76.8 Å². The standard InChI is InChI=1S/C19H22F2N6O2/c1-26-7-3-4-12(10-26)23-19-25-24-17(15-9-22-11-27(15)19)14-6-5-13(28-2)8-16(14)29-18(20)21/h5-6,8-9,11-12,18H,3-4,7,10H2,1-2H3,(H,23,25). The molecule has 1 aromatic carbocycles. The van der Waals surface area contributed by atoms with Crippen LogP contribution in [0.5, 0.6) is 11.5 Å². The number of benzene rings is 1. The Morgan fingerprint density at radius 1 is 1.28 bits per heavy atom. The van der Waals surface area contributed by atoms with Gasteiger partial charge in [-0.1, -0.05) is 0 Å². The number of alkyl halides is 2. The molecule has 1 fully saturated rings. The number of ether oxygens (including phenoxy) is 2. The summed E-state index contributed by atoms with van der Waals surface area (Å²) in [5, 5.41) is 12.0. The van der Waals surface area contributed by atoms with E-state index in [0.29, 0.717) is 28.5 Å². The summed E-state index contributed by atoms with van der Waals surface area (Å²) in [4.78, 5) is 6.46. The number of rotatable bonds is 6. The lowest BCUT2D eigenvalue weighted by atomic mass is 10.1. The molecular weight excluding hydrogens is 382 g/mol. The number of halogens is 2. The second kappa shape index (κ2) is 8.16. The smallest absolute Gasteiger partial charge is 0.387 e. The number of likely N-dealkylation sites (N-methyl/N-ethyl adjacent to an activating group) is 1. The molecule has 0 spiro atoms. The van der Waals surface area contributed by atoms with Crippen molar-refractivity contribution in [2.24, 2.45) is 0 Å². The van der Waals surface area contributed by atoms with Crippen LogP contribution in [-0.4, -0.2) is 64.4 Å². The molecular formula is C19H22F2N6O2. The van der Waals surface area contributed by atoms with Gasteiger partial charge in [0.1, 0.15) is 23.5 Å². The van der Waals surface area contributed by atoms with Crippen LogP contribution in [0.15, 0.2) is 30.7 Å². The maximum absolute atomic E-state index is 12.9. The summed E-state index contributed by atoms with van der Waals surface area (Å²) in [6.07, 6.45) is 5.39. The highest BCUT2D eigenvalue weighted by molar-refractivity contribution is 5.81. The number of nitrogens with zero attached hydrogens (tertiary/aromatic N) is 5. The largest absolute Gasteiger partial charge is 0.497 e. The van der Waals surface area contributed by atoms with Crippen molar-refractivity contribution in [1.82, 2.24) is 24.5 Å². The van der Waals surface area contributed by atoms with Crippen LogP contribution in [0.2, 0.25) is 0 Å². The highest BCUT2D eigenvalue weighted by atomic mass is 19.3. The van der Waals surface area contributed by atoms with Crippen molar-refractivity contribution in [3.05, 3.63) is 30.7 Å². The van der Waals surface area contributed by atoms with E-state index in [2.05, 4.69) is 32.4 Å². The molecule has 0 bridgehead atoms. The SMILES string of the molecule is COc1ccc(-c2nnc(NC3CCCN(C)C3)n3cncc23)c(OC(F)F)c1. The highest BCUT2D eigenvalue weighted by Crippen LogP contribution is 2.35. The Bertz CT molecular complexity index is 996. The van der Waals surface area contributed by atoms with E-state index < -0.39 is 6.61 Å². The van der Waals surface area contributed by atoms with E-state index in [0.717, 1.165) is 25.9 Å². The minimum atomic E-state index is -2.97. The van der Waals surface area contributed by atoms with E-state index >= 15 is 0 Å². The van der Waals surface area contributed by atoms with Gasteiger partial charge in [-0.2, -0.15) is 8.78 Å². The molecule has 3 heterocycles. The zero-order valence-corrected chi connectivity index (χ0v) is 16.2. The van der Waals surface area contributed by atoms with Gasteiger partial charge in [-0.25, -0.2) is 4.98 Å². The van der Waals surface area contributed by atoms with Crippen LogP contribution in [0.25, 0.3) is 16.8 Å². The average Bonchev–Trinajstić information content (AvgIpc) is 3.18. The molecule has 1 aliphatic rings. The number of fused-ring (bicyclic) bond motifs is 1. The minimum Gasteiger partial charge on any atom is -0.497 e. The Morgan fingerprint density at radius 2 is 2.14 bits per heavy atom. The normalized spacial score (nSPS) is 17.6. The van der Waals surface area contributed by atoms with Crippen molar-refractivity contribution >= 4 is 11.5 Å². The number of nitrogens with one attached hydrogen (secondary N) is 1. The third-order valence-corrected chi connectivity index (χ3v) is 4.97. The molecule has 1 saturated heterocycles. The molecule has 29 heavy (non-hydrogen) atoms. The quantitative estimate of drug-likeness (QED) is 0.677. The monoisotopic (exact) mass is 404 g/mol. The first-order chi connectivity index (χ1) is 14.0. The van der Waals surface area contributed by atoms with E-state index in [9.17, 15) is 8.78 Å². The van der Waals surface area contributed by atoms with E-state index in [1.165, 1.54) is 13.2 Å². The van der Waals surface area contributed by atoms with Crippen LogP contribution in [-0.2, 0) is 0 Å². The maximum Gasteiger partial charge on any atom is 0.387 e. The van der Waals surface area contributed by atoms with Gasteiger partial charge in [0, 0.05) is 24.2 Å². The lowest BCUT2D eigenvalue weighted by molar-refractivity contribution is -0.0495. The van der Waals surface area contributed by atoms with Crippen molar-refractivity contribution in [3.8, 4) is 22.8 Å². The van der Waals surface area contributed by atoms with Crippen LogP contribution in [0.1, 0.15) is 12.8 Å². The number of aromatic nitrogens is 4. The van der Waals surface area contributed by atoms with Gasteiger partial charge in [0.2, 0.25) is 5.95 Å². The molecule has 10 heteroatoms. The first-order valence-electron chi connectivity index (χ1n) is 9.32. The number of hydrogen-bond donors (Lipinski definition) is 1. The predicted molar refractivity (Wildman–Crippen MR) is 104 cm³/mol. The van der Waals surface area contributed by atoms with Gasteiger partial charge in [0.25, 0.3) is 0 Å². The van der Waals surface area contributed by atoms with Gasteiger partial charge in [0.05, 0.1) is 18.8 Å². The molecule has 1 N–H and O–H groups in total. The summed E-state index contributed by atoms with van der Waals surface area (Å²) in [7, 11) is 3.54. The zero-order chi connectivity index (χ0) is 20.4. The number of methoxy groups -OCH3 is 1. The van der Waals surface area contributed by atoms with E-state index in [-0.39, 0.29) is 11.8 Å². The van der Waals surface area contributed by atoms with Crippen LogP contribution in [0.4, 0.5) is 14.7 Å². The molecule has 0 saturated carbocycles. The van der Waals surface area contributed by atoms with Crippen molar-refractivity contribution in [3.63, 3.8) is 0 Å². The third kappa shape index (κ3) is 4.07. The fraction of sp³-hybridized carbons (Fsp3) is 0.421. The van der Waals surface area contributed by atoms with E-state index in [1.54, 1.807) is 29.1 Å². The number of likely N-dealkylation sites (tertiary alicyclic amines) is 1. The summed E-state index contributed by atoms with van der Waals surface area (Å²) in [5.74, 6) is 0.930. The number of anilines is 1. The highest BCUT2D eigenvalue weighted by Gasteiger charge is 2.21. The molecule has 8 nitrogen and oxygen atoms in total. The Balaban J connectivity index is 1.72. The third-order valence-electron chi connectivity index (χ3n) is 4.97. The van der Waals surface area contributed by atoms with Crippen LogP contribution in [0.3, 0.4) is 0 Å². The number of imidazole rings is 1. The van der Waals surface area contributed by atoms with Crippen LogP contribution in [0, 0.1) is 0 Å². The number of piperidine rings is 1. The van der Waals surface area contributed by atoms with Gasteiger partial charge in [0.15, 0.2) is 0 Å². The van der Waals surface area contributed by atoms with Gasteiger partial charge in [-0.05, 0) is 38.6 Å². The maximum atomic E-state index is 12.9. The molecule has 1 aliphatic heterocycles. The summed E-state index contributed by atoms with van der Waals surface area (Å²) in [6.45, 7) is -0.989. The summed E-state index contributed by atoms with van der Waals surface area (Å²) < 4.78 is 37.5. The number of hydrogen-bond acceptors (Lipinski definition) is 7. The summed E-state index contributed by atoms with van der Waals surface area (Å²) in [5.41, 5.74) is 1.41. The fourth-order valence-electron chi connectivity index (χ4n) is 3.61. The van der Waals surface area contributed by atoms with Crippen molar-refractivity contribution in [1.29, 1.82) is 0 Å². The zero-order valence-electron chi connectivity index (χ0n) is 16.2. The van der Waals surface area contributed by atoms with Crippen molar-refractivity contribution < 1.29 is 18.3 Å². The lowest BCUT2D eigenvalue weighted by Crippen LogP contribution is -2.40. The van der Waals surface area contributed by atoms with Crippen LogP contribution < -0.4 is 14.8 Å². The molecule has 1 unspecified atom stereocenters. The van der Waals surface area contributed by atoms with Gasteiger partial charge in [-0.3, -0.25) is 4.40 Å². The van der Waals surface area contributed by atoms with Crippen LogP contribution >= 0.6 is 0 Å². The van der Waals surface area contributed by atoms with E-state index in [1.807, 2.05) is 0 Å². The molecule has 0 aliphatic carbocycles. The average molecular weight is 404 g/mol. The molecule has 0 radical (unpaired) electrons. The molecule has 154 valence electrons. The summed E-state index contributed by atoms with van der Waals surface area (Å²) >= 11 is 0. The Labute approximate surface area is 166 Å². The second-order valence-electron chi connectivity index (χ2n) is 7.01.